The summed E-state index contributed by atoms with van der Waals surface area (Å²) >= 11 is 0. The van der Waals surface area contributed by atoms with Crippen molar-refractivity contribution in [3.05, 3.63) is 0 Å². The maximum atomic E-state index is 11.4. The van der Waals surface area contributed by atoms with Gasteiger partial charge in [-0.25, -0.2) is 0 Å². The molecule has 2 atom stereocenters. The minimum Gasteiger partial charge on any atom is -0.469 e. The van der Waals surface area contributed by atoms with Gasteiger partial charge in [0.2, 0.25) is 0 Å². The fourth-order valence-corrected chi connectivity index (χ4v) is 1.65. The topological polar surface area (TPSA) is 55.6 Å². The molecule has 0 amide bonds. The van der Waals surface area contributed by atoms with E-state index in [0.717, 1.165) is 6.54 Å². The van der Waals surface area contributed by atoms with Crippen LogP contribution in [-0.2, 0) is 9.53 Å². The Morgan fingerprint density at radius 3 is 2.31 bits per heavy atom. The zero-order valence-corrected chi connectivity index (χ0v) is 11.4. The molecule has 0 aliphatic heterocycles. The van der Waals surface area contributed by atoms with E-state index in [4.69, 9.17) is 10.5 Å². The van der Waals surface area contributed by atoms with Crippen LogP contribution in [0.5, 0.6) is 0 Å². The van der Waals surface area contributed by atoms with Crippen LogP contribution >= 0.6 is 0 Å². The van der Waals surface area contributed by atoms with E-state index in [2.05, 4.69) is 18.7 Å². The first-order valence-electron chi connectivity index (χ1n) is 5.73. The lowest BCUT2D eigenvalue weighted by atomic mass is 9.91. The van der Waals surface area contributed by atoms with Gasteiger partial charge in [-0.3, -0.25) is 4.79 Å². The SMILES string of the molecule is COC(=O)C(C)C(C)N(C)CC(C)(C)CN. The Hall–Kier alpha value is -0.610. The van der Waals surface area contributed by atoms with Gasteiger partial charge in [0.05, 0.1) is 13.0 Å². The molecule has 2 N–H and O–H groups in total. The number of ether oxygens (including phenoxy) is 1. The van der Waals surface area contributed by atoms with Gasteiger partial charge in [-0.2, -0.15) is 0 Å². The summed E-state index contributed by atoms with van der Waals surface area (Å²) in [6.45, 7) is 9.68. The second-order valence-corrected chi connectivity index (χ2v) is 5.34. The van der Waals surface area contributed by atoms with Crippen molar-refractivity contribution < 1.29 is 9.53 Å². The van der Waals surface area contributed by atoms with E-state index in [1.54, 1.807) is 0 Å². The Morgan fingerprint density at radius 2 is 1.94 bits per heavy atom. The molecule has 0 aromatic heterocycles. The molecule has 0 bridgehead atoms. The van der Waals surface area contributed by atoms with Gasteiger partial charge >= 0.3 is 5.97 Å². The molecule has 0 aliphatic carbocycles. The van der Waals surface area contributed by atoms with Crippen LogP contribution in [0.4, 0.5) is 0 Å². The molecule has 0 fully saturated rings. The molecule has 0 aromatic carbocycles. The molecule has 0 aromatic rings. The summed E-state index contributed by atoms with van der Waals surface area (Å²) in [5, 5.41) is 0. The number of rotatable bonds is 6. The van der Waals surface area contributed by atoms with Crippen molar-refractivity contribution in [1.29, 1.82) is 0 Å². The number of carbonyl (C=O) groups is 1. The van der Waals surface area contributed by atoms with E-state index in [1.165, 1.54) is 7.11 Å². The van der Waals surface area contributed by atoms with E-state index in [1.807, 2.05) is 20.9 Å². The number of hydrogen-bond acceptors (Lipinski definition) is 4. The summed E-state index contributed by atoms with van der Waals surface area (Å²) in [4.78, 5) is 13.6. The van der Waals surface area contributed by atoms with Crippen LogP contribution in [-0.4, -0.2) is 44.2 Å². The van der Waals surface area contributed by atoms with Crippen molar-refractivity contribution >= 4 is 5.97 Å². The molecule has 96 valence electrons. The monoisotopic (exact) mass is 230 g/mol. The third-order valence-electron chi connectivity index (χ3n) is 3.22. The summed E-state index contributed by atoms with van der Waals surface area (Å²) in [6.07, 6.45) is 0. The number of hydrogen-bond donors (Lipinski definition) is 1. The van der Waals surface area contributed by atoms with Gasteiger partial charge < -0.3 is 15.4 Å². The van der Waals surface area contributed by atoms with Crippen LogP contribution in [0.15, 0.2) is 0 Å². The van der Waals surface area contributed by atoms with Crippen molar-refractivity contribution in [2.75, 3.05) is 27.2 Å². The highest BCUT2D eigenvalue weighted by atomic mass is 16.5. The van der Waals surface area contributed by atoms with Gasteiger partial charge in [0.15, 0.2) is 0 Å². The lowest BCUT2D eigenvalue weighted by Gasteiger charge is -2.34. The molecule has 0 radical (unpaired) electrons. The molecule has 0 saturated heterocycles. The quantitative estimate of drug-likeness (QED) is 0.694. The van der Waals surface area contributed by atoms with Gasteiger partial charge in [0, 0.05) is 12.6 Å². The van der Waals surface area contributed by atoms with E-state index in [-0.39, 0.29) is 23.3 Å². The van der Waals surface area contributed by atoms with E-state index < -0.39 is 0 Å². The van der Waals surface area contributed by atoms with Crippen LogP contribution in [0.25, 0.3) is 0 Å². The van der Waals surface area contributed by atoms with Crippen LogP contribution in [0.2, 0.25) is 0 Å². The van der Waals surface area contributed by atoms with Crippen LogP contribution in [0.1, 0.15) is 27.7 Å². The molecule has 0 rings (SSSR count). The minimum absolute atomic E-state index is 0.0683. The third kappa shape index (κ3) is 4.49. The Morgan fingerprint density at radius 1 is 1.44 bits per heavy atom. The predicted octanol–water partition coefficient (Wildman–Crippen LogP) is 1.10. The van der Waals surface area contributed by atoms with E-state index >= 15 is 0 Å². The molecular formula is C12H26N2O2. The maximum absolute atomic E-state index is 11.4. The zero-order valence-electron chi connectivity index (χ0n) is 11.4. The van der Waals surface area contributed by atoms with Gasteiger partial charge in [-0.05, 0) is 25.9 Å². The van der Waals surface area contributed by atoms with Crippen molar-refractivity contribution in [3.63, 3.8) is 0 Å². The highest BCUT2D eigenvalue weighted by molar-refractivity contribution is 5.72. The van der Waals surface area contributed by atoms with E-state index in [0.29, 0.717) is 6.54 Å². The van der Waals surface area contributed by atoms with Crippen molar-refractivity contribution in [2.45, 2.75) is 33.7 Å². The number of nitrogens with two attached hydrogens (primary N) is 1. The average Bonchev–Trinajstić information content (AvgIpc) is 2.25. The van der Waals surface area contributed by atoms with Gasteiger partial charge in [0.25, 0.3) is 0 Å². The van der Waals surface area contributed by atoms with Crippen molar-refractivity contribution in [2.24, 2.45) is 17.1 Å². The second kappa shape index (κ2) is 6.21. The molecule has 4 heteroatoms. The largest absolute Gasteiger partial charge is 0.469 e. The minimum atomic E-state index is -0.162. The lowest BCUT2D eigenvalue weighted by molar-refractivity contribution is -0.147. The summed E-state index contributed by atoms with van der Waals surface area (Å²) in [6, 6.07) is 0.151. The lowest BCUT2D eigenvalue weighted by Crippen LogP contribution is -2.44. The van der Waals surface area contributed by atoms with Gasteiger partial charge in [-0.15, -0.1) is 0 Å². The summed E-state index contributed by atoms with van der Waals surface area (Å²) in [5.41, 5.74) is 5.77. The van der Waals surface area contributed by atoms with Crippen LogP contribution in [0, 0.1) is 11.3 Å². The molecule has 0 spiro atoms. The fraction of sp³-hybridized carbons (Fsp3) is 0.917. The molecule has 4 nitrogen and oxygen atoms in total. The molecular weight excluding hydrogens is 204 g/mol. The molecule has 16 heavy (non-hydrogen) atoms. The highest BCUT2D eigenvalue weighted by Crippen LogP contribution is 2.18. The first-order chi connectivity index (χ1) is 7.25. The normalized spacial score (nSPS) is 16.0. The Balaban J connectivity index is 4.38. The molecule has 2 unspecified atom stereocenters. The zero-order chi connectivity index (χ0) is 12.9. The van der Waals surface area contributed by atoms with Crippen LogP contribution < -0.4 is 5.73 Å². The standard InChI is InChI=1S/C12H26N2O2/c1-9(11(15)16-6)10(2)14(5)8-12(3,4)7-13/h9-10H,7-8,13H2,1-6H3. The fourth-order valence-electron chi connectivity index (χ4n) is 1.65. The molecule has 0 heterocycles. The maximum Gasteiger partial charge on any atom is 0.309 e. The van der Waals surface area contributed by atoms with Gasteiger partial charge in [-0.1, -0.05) is 20.8 Å². The second-order valence-electron chi connectivity index (χ2n) is 5.34. The third-order valence-corrected chi connectivity index (χ3v) is 3.22. The number of carbonyl (C=O) groups excluding carboxylic acids is 1. The van der Waals surface area contributed by atoms with Gasteiger partial charge in [0.1, 0.15) is 0 Å². The Bertz CT molecular complexity index is 229. The number of methoxy groups -OCH3 is 1. The summed E-state index contributed by atoms with van der Waals surface area (Å²) in [5.74, 6) is -0.284. The first-order valence-corrected chi connectivity index (χ1v) is 5.73. The summed E-state index contributed by atoms with van der Waals surface area (Å²) in [7, 11) is 3.44. The van der Waals surface area contributed by atoms with Crippen molar-refractivity contribution in [3.8, 4) is 0 Å². The van der Waals surface area contributed by atoms with E-state index in [9.17, 15) is 4.79 Å². The Kier molecular flexibility index (Phi) is 5.97. The van der Waals surface area contributed by atoms with Crippen molar-refractivity contribution in [1.82, 2.24) is 4.90 Å². The Labute approximate surface area is 99.1 Å². The molecule has 0 aliphatic rings. The smallest absolute Gasteiger partial charge is 0.309 e. The molecule has 0 saturated carbocycles. The number of nitrogens with zero attached hydrogens (tertiary/aromatic N) is 1. The number of esters is 1. The summed E-state index contributed by atoms with van der Waals surface area (Å²) < 4.78 is 4.75. The average molecular weight is 230 g/mol. The predicted molar refractivity (Wildman–Crippen MR) is 66.1 cm³/mol. The highest BCUT2D eigenvalue weighted by Gasteiger charge is 2.27. The van der Waals surface area contributed by atoms with Crippen LogP contribution in [0.3, 0.4) is 0 Å². The first kappa shape index (κ1) is 15.4.